The lowest BCUT2D eigenvalue weighted by atomic mass is 10.2. The van der Waals surface area contributed by atoms with Crippen molar-refractivity contribution in [2.45, 2.75) is 19.9 Å². The SMILES string of the molecule is CCCn1c(=NC(=O)c2cc3ccccc3oc2=O)sc2cc([N+](=O)[O-])ccc21. The predicted molar refractivity (Wildman–Crippen MR) is 109 cm³/mol. The minimum absolute atomic E-state index is 0.0320. The van der Waals surface area contributed by atoms with Crippen molar-refractivity contribution in [3.05, 3.63) is 79.4 Å². The largest absolute Gasteiger partial charge is 0.422 e. The number of amides is 1. The number of carbonyl (C=O) groups is 1. The van der Waals surface area contributed by atoms with Gasteiger partial charge in [0, 0.05) is 24.1 Å². The van der Waals surface area contributed by atoms with Crippen molar-refractivity contribution in [3.8, 4) is 0 Å². The highest BCUT2D eigenvalue weighted by Crippen LogP contribution is 2.23. The summed E-state index contributed by atoms with van der Waals surface area (Å²) in [7, 11) is 0. The second-order valence-corrected chi connectivity index (χ2v) is 7.36. The predicted octanol–water partition coefficient (Wildman–Crippen LogP) is 3.87. The summed E-state index contributed by atoms with van der Waals surface area (Å²) in [4.78, 5) is 40.1. The van der Waals surface area contributed by atoms with Crippen molar-refractivity contribution in [2.24, 2.45) is 4.99 Å². The number of hydrogen-bond acceptors (Lipinski definition) is 6. The van der Waals surface area contributed by atoms with Crippen LogP contribution in [0.4, 0.5) is 5.69 Å². The minimum atomic E-state index is -0.753. The highest BCUT2D eigenvalue weighted by molar-refractivity contribution is 7.16. The lowest BCUT2D eigenvalue weighted by molar-refractivity contribution is -0.384. The fraction of sp³-hybridized carbons (Fsp3) is 0.150. The van der Waals surface area contributed by atoms with Crippen LogP contribution in [-0.4, -0.2) is 15.4 Å². The van der Waals surface area contributed by atoms with Crippen molar-refractivity contribution >= 4 is 44.1 Å². The van der Waals surface area contributed by atoms with E-state index in [1.807, 2.05) is 11.5 Å². The van der Waals surface area contributed by atoms with Gasteiger partial charge < -0.3 is 8.98 Å². The molecule has 0 atom stereocenters. The normalized spacial score (nSPS) is 12.0. The van der Waals surface area contributed by atoms with E-state index in [0.717, 1.165) is 11.9 Å². The zero-order valence-electron chi connectivity index (χ0n) is 15.3. The highest BCUT2D eigenvalue weighted by atomic mass is 32.1. The van der Waals surface area contributed by atoms with Gasteiger partial charge in [-0.25, -0.2) is 4.79 Å². The first-order valence-electron chi connectivity index (χ1n) is 8.87. The molecule has 2 aromatic carbocycles. The summed E-state index contributed by atoms with van der Waals surface area (Å²) in [5.74, 6) is -0.713. The molecule has 1 amide bonds. The molecule has 0 aliphatic rings. The van der Waals surface area contributed by atoms with Crippen LogP contribution in [0.2, 0.25) is 0 Å². The number of benzene rings is 2. The van der Waals surface area contributed by atoms with Crippen LogP contribution in [0.15, 0.2) is 62.7 Å². The summed E-state index contributed by atoms with van der Waals surface area (Å²) in [5.41, 5.74) is 0.200. The Morgan fingerprint density at radius 3 is 2.79 bits per heavy atom. The van der Waals surface area contributed by atoms with Gasteiger partial charge in [0.15, 0.2) is 4.80 Å². The van der Waals surface area contributed by atoms with Crippen molar-refractivity contribution in [2.75, 3.05) is 0 Å². The Balaban J connectivity index is 1.88. The highest BCUT2D eigenvalue weighted by Gasteiger charge is 2.16. The summed E-state index contributed by atoms with van der Waals surface area (Å²) < 4.78 is 7.68. The second kappa shape index (κ2) is 7.44. The van der Waals surface area contributed by atoms with E-state index in [4.69, 9.17) is 4.42 Å². The van der Waals surface area contributed by atoms with Crippen LogP contribution in [0.25, 0.3) is 21.2 Å². The van der Waals surface area contributed by atoms with E-state index >= 15 is 0 Å². The molecular formula is C20H15N3O5S. The maximum Gasteiger partial charge on any atom is 0.349 e. The van der Waals surface area contributed by atoms with Gasteiger partial charge in [-0.1, -0.05) is 36.5 Å². The molecule has 0 bridgehead atoms. The average Bonchev–Trinajstić information content (AvgIpc) is 3.04. The first-order valence-corrected chi connectivity index (χ1v) is 9.69. The Bertz CT molecular complexity index is 1400. The van der Waals surface area contributed by atoms with E-state index < -0.39 is 16.5 Å². The van der Waals surface area contributed by atoms with Gasteiger partial charge in [-0.3, -0.25) is 14.9 Å². The average molecular weight is 409 g/mol. The molecule has 0 spiro atoms. The van der Waals surface area contributed by atoms with Crippen LogP contribution < -0.4 is 10.4 Å². The number of para-hydroxylation sites is 1. The molecule has 2 aromatic heterocycles. The zero-order chi connectivity index (χ0) is 20.5. The maximum absolute atomic E-state index is 12.7. The smallest absolute Gasteiger partial charge is 0.349 e. The molecule has 0 radical (unpaired) electrons. The minimum Gasteiger partial charge on any atom is -0.422 e. The fourth-order valence-electron chi connectivity index (χ4n) is 3.06. The summed E-state index contributed by atoms with van der Waals surface area (Å²) >= 11 is 1.17. The lowest BCUT2D eigenvalue weighted by Crippen LogP contribution is -2.19. The van der Waals surface area contributed by atoms with Crippen LogP contribution >= 0.6 is 11.3 Å². The van der Waals surface area contributed by atoms with Crippen molar-refractivity contribution < 1.29 is 14.1 Å². The van der Waals surface area contributed by atoms with Gasteiger partial charge in [-0.2, -0.15) is 4.99 Å². The van der Waals surface area contributed by atoms with E-state index in [2.05, 4.69) is 4.99 Å². The molecule has 29 heavy (non-hydrogen) atoms. The van der Waals surface area contributed by atoms with Crippen molar-refractivity contribution in [3.63, 3.8) is 0 Å². The van der Waals surface area contributed by atoms with Crippen LogP contribution in [-0.2, 0) is 6.54 Å². The third-order valence-corrected chi connectivity index (χ3v) is 5.43. The number of non-ortho nitro benzene ring substituents is 1. The van der Waals surface area contributed by atoms with Gasteiger partial charge in [0.1, 0.15) is 11.1 Å². The number of aryl methyl sites for hydroxylation is 1. The molecule has 4 rings (SSSR count). The van der Waals surface area contributed by atoms with Gasteiger partial charge in [-0.15, -0.1) is 0 Å². The maximum atomic E-state index is 12.7. The van der Waals surface area contributed by atoms with E-state index in [9.17, 15) is 19.7 Å². The summed E-state index contributed by atoms with van der Waals surface area (Å²) in [6.07, 6.45) is 0.780. The Morgan fingerprint density at radius 1 is 1.24 bits per heavy atom. The number of thiazole rings is 1. The first-order chi connectivity index (χ1) is 14.0. The Hall–Kier alpha value is -3.59. The van der Waals surface area contributed by atoms with E-state index in [1.165, 1.54) is 29.5 Å². The van der Waals surface area contributed by atoms with E-state index in [-0.39, 0.29) is 11.3 Å². The van der Waals surface area contributed by atoms with Crippen LogP contribution in [0.1, 0.15) is 23.7 Å². The van der Waals surface area contributed by atoms with Crippen LogP contribution in [0, 0.1) is 10.1 Å². The molecule has 2 heterocycles. The molecule has 0 saturated heterocycles. The topological polar surface area (TPSA) is 108 Å². The van der Waals surface area contributed by atoms with Crippen LogP contribution in [0.3, 0.4) is 0 Å². The number of nitrogens with zero attached hydrogens (tertiary/aromatic N) is 3. The summed E-state index contributed by atoms with van der Waals surface area (Å²) in [6.45, 7) is 2.56. The number of nitro groups is 1. The van der Waals surface area contributed by atoms with Crippen molar-refractivity contribution in [1.29, 1.82) is 0 Å². The van der Waals surface area contributed by atoms with E-state index in [1.54, 1.807) is 30.3 Å². The molecule has 0 aliphatic heterocycles. The number of fused-ring (bicyclic) bond motifs is 2. The molecule has 0 aliphatic carbocycles. The standard InChI is InChI=1S/C20H15N3O5S/c1-2-9-22-15-8-7-13(23(26)27)11-17(15)29-20(22)21-18(24)14-10-12-5-3-4-6-16(12)28-19(14)25/h3-8,10-11H,2,9H2,1H3. The molecule has 4 aromatic rings. The fourth-order valence-corrected chi connectivity index (χ4v) is 4.15. The second-order valence-electron chi connectivity index (χ2n) is 6.35. The first kappa shape index (κ1) is 18.8. The molecule has 146 valence electrons. The molecule has 8 nitrogen and oxygen atoms in total. The third kappa shape index (κ3) is 3.47. The van der Waals surface area contributed by atoms with Crippen LogP contribution in [0.5, 0.6) is 0 Å². The van der Waals surface area contributed by atoms with Crippen molar-refractivity contribution in [1.82, 2.24) is 4.57 Å². The van der Waals surface area contributed by atoms with Gasteiger partial charge in [-0.05, 0) is 24.6 Å². The van der Waals surface area contributed by atoms with Gasteiger partial charge in [0.2, 0.25) is 0 Å². The quantitative estimate of drug-likeness (QED) is 0.289. The molecule has 0 saturated carbocycles. The lowest BCUT2D eigenvalue weighted by Gasteiger charge is -2.02. The molecule has 9 heteroatoms. The number of hydrogen-bond donors (Lipinski definition) is 0. The summed E-state index contributed by atoms with van der Waals surface area (Å²) in [5, 5.41) is 11.7. The number of nitro benzene ring substituents is 1. The summed E-state index contributed by atoms with van der Waals surface area (Å²) in [6, 6.07) is 12.9. The number of aromatic nitrogens is 1. The monoisotopic (exact) mass is 409 g/mol. The Morgan fingerprint density at radius 2 is 2.03 bits per heavy atom. The Kier molecular flexibility index (Phi) is 4.81. The molecule has 0 fully saturated rings. The molecule has 0 N–H and O–H groups in total. The van der Waals surface area contributed by atoms with E-state index in [0.29, 0.717) is 27.0 Å². The number of rotatable bonds is 4. The molecular weight excluding hydrogens is 394 g/mol. The Labute approximate surface area is 167 Å². The zero-order valence-corrected chi connectivity index (χ0v) is 16.1. The van der Waals surface area contributed by atoms with Gasteiger partial charge >= 0.3 is 5.63 Å². The van der Waals surface area contributed by atoms with Gasteiger partial charge in [0.05, 0.1) is 15.1 Å². The number of carbonyl (C=O) groups excluding carboxylic acids is 1. The third-order valence-electron chi connectivity index (χ3n) is 4.39. The molecule has 0 unspecified atom stereocenters. The van der Waals surface area contributed by atoms with Gasteiger partial charge in [0.25, 0.3) is 11.6 Å².